The number of rotatable bonds is 2. The number of carbonyl (C=O) groups excluding carboxylic acids is 1. The van der Waals surface area contributed by atoms with Crippen LogP contribution in [0, 0.1) is 11.3 Å². The van der Waals surface area contributed by atoms with E-state index in [0.29, 0.717) is 23.4 Å². The zero-order valence-corrected chi connectivity index (χ0v) is 9.83. The Balaban J connectivity index is 2.11. The molecule has 0 unspecified atom stereocenters. The maximum absolute atomic E-state index is 10.6. The molecule has 0 saturated heterocycles. The molecule has 2 aromatic heterocycles. The largest absolute Gasteiger partial charge is 0.453 e. The van der Waals surface area contributed by atoms with Gasteiger partial charge in [-0.3, -0.25) is 9.78 Å². The van der Waals surface area contributed by atoms with Gasteiger partial charge in [0.15, 0.2) is 12.0 Å². The van der Waals surface area contributed by atoms with E-state index in [4.69, 9.17) is 9.68 Å². The number of pyridine rings is 1. The van der Waals surface area contributed by atoms with E-state index in [1.165, 1.54) is 6.20 Å². The fourth-order valence-electron chi connectivity index (χ4n) is 1.91. The Kier molecular flexibility index (Phi) is 2.58. The van der Waals surface area contributed by atoms with Gasteiger partial charge in [-0.05, 0) is 24.3 Å². The smallest absolute Gasteiger partial charge is 0.185 e. The summed E-state index contributed by atoms with van der Waals surface area (Å²) in [5.41, 5.74) is 2.15. The van der Waals surface area contributed by atoms with Crippen LogP contribution in [0.3, 0.4) is 0 Å². The van der Waals surface area contributed by atoms with Crippen molar-refractivity contribution in [3.63, 3.8) is 0 Å². The van der Waals surface area contributed by atoms with Crippen LogP contribution in [-0.4, -0.2) is 11.3 Å². The molecule has 0 aliphatic carbocycles. The number of hydrogen-bond donors (Lipinski definition) is 0. The molecule has 90 valence electrons. The first-order valence-corrected chi connectivity index (χ1v) is 5.65. The second-order valence-electron chi connectivity index (χ2n) is 4.06. The average molecular weight is 248 g/mol. The minimum absolute atomic E-state index is 0.294. The van der Waals surface area contributed by atoms with Crippen LogP contribution >= 0.6 is 0 Å². The summed E-state index contributed by atoms with van der Waals surface area (Å²) in [4.78, 5) is 14.8. The maximum Gasteiger partial charge on any atom is 0.185 e. The Morgan fingerprint density at radius 3 is 2.84 bits per heavy atom. The number of nitriles is 1. The third-order valence-electron chi connectivity index (χ3n) is 2.84. The topological polar surface area (TPSA) is 66.9 Å². The van der Waals surface area contributed by atoms with Crippen molar-refractivity contribution in [2.75, 3.05) is 0 Å². The van der Waals surface area contributed by atoms with Crippen molar-refractivity contribution in [3.05, 3.63) is 53.9 Å². The molecule has 1 aromatic carbocycles. The van der Waals surface area contributed by atoms with Gasteiger partial charge in [0, 0.05) is 17.1 Å². The van der Waals surface area contributed by atoms with Crippen LogP contribution < -0.4 is 0 Å². The van der Waals surface area contributed by atoms with Crippen molar-refractivity contribution in [1.29, 1.82) is 5.26 Å². The molecule has 0 saturated carbocycles. The summed E-state index contributed by atoms with van der Waals surface area (Å²) < 4.78 is 5.36. The van der Waals surface area contributed by atoms with E-state index in [1.54, 1.807) is 18.2 Å². The Labute approximate surface area is 108 Å². The van der Waals surface area contributed by atoms with Crippen LogP contribution in [0.15, 0.2) is 47.0 Å². The van der Waals surface area contributed by atoms with Gasteiger partial charge in [0.2, 0.25) is 0 Å². The van der Waals surface area contributed by atoms with E-state index in [9.17, 15) is 4.79 Å². The quantitative estimate of drug-likeness (QED) is 0.653. The molecule has 0 aliphatic rings. The van der Waals surface area contributed by atoms with Crippen molar-refractivity contribution in [2.45, 2.75) is 0 Å². The predicted octanol–water partition coefficient (Wildman–Crippen LogP) is 3.18. The molecule has 0 amide bonds. The van der Waals surface area contributed by atoms with Crippen molar-refractivity contribution >= 4 is 17.2 Å². The Morgan fingerprint density at radius 2 is 2.11 bits per heavy atom. The zero-order valence-electron chi connectivity index (χ0n) is 9.83. The highest BCUT2D eigenvalue weighted by molar-refractivity contribution is 5.84. The molecule has 0 radical (unpaired) electrons. The first-order valence-electron chi connectivity index (χ1n) is 5.65. The number of nitrogens with zero attached hydrogens (tertiary/aromatic N) is 2. The molecular weight excluding hydrogens is 240 g/mol. The van der Waals surface area contributed by atoms with Gasteiger partial charge < -0.3 is 4.42 Å². The summed E-state index contributed by atoms with van der Waals surface area (Å²) in [6.07, 6.45) is 2.20. The Bertz CT molecular complexity index is 812. The zero-order chi connectivity index (χ0) is 13.2. The van der Waals surface area contributed by atoms with Crippen LogP contribution in [0.2, 0.25) is 0 Å². The SMILES string of the molecule is N#Cc1cnc2cc(-c3ccc(C=O)o3)ccc2c1. The molecule has 4 nitrogen and oxygen atoms in total. The van der Waals surface area contributed by atoms with Crippen LogP contribution in [0.5, 0.6) is 0 Å². The summed E-state index contributed by atoms with van der Waals surface area (Å²) >= 11 is 0. The fourth-order valence-corrected chi connectivity index (χ4v) is 1.91. The van der Waals surface area contributed by atoms with E-state index in [2.05, 4.69) is 11.1 Å². The van der Waals surface area contributed by atoms with Gasteiger partial charge in [0.25, 0.3) is 0 Å². The second-order valence-corrected chi connectivity index (χ2v) is 4.06. The van der Waals surface area contributed by atoms with Crippen molar-refractivity contribution in [2.24, 2.45) is 0 Å². The number of aldehydes is 1. The van der Waals surface area contributed by atoms with Crippen molar-refractivity contribution in [3.8, 4) is 17.4 Å². The summed E-state index contributed by atoms with van der Waals surface area (Å²) in [6, 6.07) is 12.8. The van der Waals surface area contributed by atoms with Crippen molar-refractivity contribution < 1.29 is 9.21 Å². The molecule has 4 heteroatoms. The third kappa shape index (κ3) is 1.98. The molecule has 3 aromatic rings. The number of benzene rings is 1. The first kappa shape index (κ1) is 11.2. The molecular formula is C15H8N2O2. The van der Waals surface area contributed by atoms with Gasteiger partial charge in [0.05, 0.1) is 11.1 Å². The Hall–Kier alpha value is -2.93. The van der Waals surface area contributed by atoms with Crippen molar-refractivity contribution in [1.82, 2.24) is 4.98 Å². The Morgan fingerprint density at radius 1 is 1.21 bits per heavy atom. The van der Waals surface area contributed by atoms with Gasteiger partial charge in [-0.1, -0.05) is 12.1 Å². The molecule has 0 bridgehead atoms. The minimum Gasteiger partial charge on any atom is -0.453 e. The summed E-state index contributed by atoms with van der Waals surface area (Å²) in [5.74, 6) is 0.915. The van der Waals surface area contributed by atoms with Gasteiger partial charge in [-0.15, -0.1) is 0 Å². The highest BCUT2D eigenvalue weighted by atomic mass is 16.3. The number of hydrogen-bond acceptors (Lipinski definition) is 4. The van der Waals surface area contributed by atoms with Gasteiger partial charge in [-0.25, -0.2) is 0 Å². The standard InChI is InChI=1S/C15H8N2O2/c16-7-10-5-11-1-2-12(6-14(11)17-8-10)15-4-3-13(9-18)19-15/h1-6,8-9H. The lowest BCUT2D eigenvalue weighted by atomic mass is 10.1. The lowest BCUT2D eigenvalue weighted by Crippen LogP contribution is -1.83. The summed E-state index contributed by atoms with van der Waals surface area (Å²) in [5, 5.41) is 9.71. The van der Waals surface area contributed by atoms with Gasteiger partial charge in [-0.2, -0.15) is 5.26 Å². The molecule has 0 aliphatic heterocycles. The van der Waals surface area contributed by atoms with Crippen LogP contribution in [0.4, 0.5) is 0 Å². The number of aromatic nitrogens is 1. The van der Waals surface area contributed by atoms with E-state index in [1.807, 2.05) is 18.2 Å². The van der Waals surface area contributed by atoms with Gasteiger partial charge in [0.1, 0.15) is 11.8 Å². The fraction of sp³-hybridized carbons (Fsp3) is 0. The molecule has 0 atom stereocenters. The summed E-state index contributed by atoms with van der Waals surface area (Å²) in [7, 11) is 0. The second kappa shape index (κ2) is 4.39. The first-order chi connectivity index (χ1) is 9.30. The minimum atomic E-state index is 0.294. The van der Waals surface area contributed by atoms with Crippen LogP contribution in [0.1, 0.15) is 16.1 Å². The molecule has 2 heterocycles. The predicted molar refractivity (Wildman–Crippen MR) is 69.5 cm³/mol. The average Bonchev–Trinajstić information content (AvgIpc) is 2.95. The highest BCUT2D eigenvalue weighted by Gasteiger charge is 2.06. The molecule has 19 heavy (non-hydrogen) atoms. The number of carbonyl (C=O) groups is 1. The number of furan rings is 1. The maximum atomic E-state index is 10.6. The van der Waals surface area contributed by atoms with Gasteiger partial charge >= 0.3 is 0 Å². The van der Waals surface area contributed by atoms with Crippen LogP contribution in [0.25, 0.3) is 22.2 Å². The van der Waals surface area contributed by atoms with E-state index < -0.39 is 0 Å². The lowest BCUT2D eigenvalue weighted by Gasteiger charge is -2.01. The highest BCUT2D eigenvalue weighted by Crippen LogP contribution is 2.25. The number of fused-ring (bicyclic) bond motifs is 1. The molecule has 3 rings (SSSR count). The molecule has 0 fully saturated rings. The van der Waals surface area contributed by atoms with E-state index in [0.717, 1.165) is 16.5 Å². The van der Waals surface area contributed by atoms with Crippen LogP contribution in [-0.2, 0) is 0 Å². The lowest BCUT2D eigenvalue weighted by molar-refractivity contribution is 0.110. The molecule has 0 N–H and O–H groups in total. The van der Waals surface area contributed by atoms with E-state index >= 15 is 0 Å². The molecule has 0 spiro atoms. The normalized spacial score (nSPS) is 10.3. The summed E-state index contributed by atoms with van der Waals surface area (Å²) in [6.45, 7) is 0. The third-order valence-corrected chi connectivity index (χ3v) is 2.84. The van der Waals surface area contributed by atoms with E-state index in [-0.39, 0.29) is 0 Å². The monoisotopic (exact) mass is 248 g/mol.